The molecule has 1 amide bonds. The van der Waals surface area contributed by atoms with Crippen LogP contribution in [0, 0.1) is 0 Å². The molecule has 0 saturated heterocycles. The van der Waals surface area contributed by atoms with Crippen molar-refractivity contribution in [3.8, 4) is 5.75 Å². The highest BCUT2D eigenvalue weighted by Crippen LogP contribution is 2.36. The average molecular weight is 378 g/mol. The number of nitrogen functional groups attached to an aromatic ring is 1. The Morgan fingerprint density at radius 3 is 2.74 bits per heavy atom. The molecule has 2 unspecified atom stereocenters. The molecule has 27 heavy (non-hydrogen) atoms. The van der Waals surface area contributed by atoms with Gasteiger partial charge in [-0.2, -0.15) is 13.2 Å². The number of halogens is 3. The average Bonchev–Trinajstić information content (AvgIpc) is 2.61. The maximum atomic E-state index is 13.1. The number of carbonyl (C=O) groups is 1. The van der Waals surface area contributed by atoms with Gasteiger partial charge in [0.05, 0.1) is 11.6 Å². The van der Waals surface area contributed by atoms with Crippen LogP contribution in [-0.4, -0.2) is 12.0 Å². The maximum absolute atomic E-state index is 13.1. The predicted molar refractivity (Wildman–Crippen MR) is 96.2 cm³/mol. The number of carbonyl (C=O) groups excluding carboxylic acids is 1. The molecule has 0 spiro atoms. The second kappa shape index (κ2) is 7.50. The second-order valence-corrected chi connectivity index (χ2v) is 6.67. The van der Waals surface area contributed by atoms with Crippen LogP contribution in [0.2, 0.25) is 0 Å². The number of nitrogens with two attached hydrogens (primary N) is 1. The maximum Gasteiger partial charge on any atom is 0.419 e. The van der Waals surface area contributed by atoms with Gasteiger partial charge in [0.2, 0.25) is 0 Å². The van der Waals surface area contributed by atoms with E-state index in [9.17, 15) is 18.0 Å². The van der Waals surface area contributed by atoms with Crippen LogP contribution in [0.1, 0.15) is 42.5 Å². The molecule has 144 valence electrons. The first-order chi connectivity index (χ1) is 12.8. The highest BCUT2D eigenvalue weighted by Gasteiger charge is 2.35. The summed E-state index contributed by atoms with van der Waals surface area (Å²) in [7, 11) is 0. The van der Waals surface area contributed by atoms with Crippen LogP contribution < -0.4 is 15.8 Å². The Morgan fingerprint density at radius 2 is 2.00 bits per heavy atom. The lowest BCUT2D eigenvalue weighted by Gasteiger charge is -2.28. The summed E-state index contributed by atoms with van der Waals surface area (Å²) in [4.78, 5) is 12.5. The Labute approximate surface area is 155 Å². The summed E-state index contributed by atoms with van der Waals surface area (Å²) in [5.74, 6) is -0.814. The van der Waals surface area contributed by atoms with E-state index in [2.05, 4.69) is 5.32 Å². The smallest absolute Gasteiger partial charge is 0.419 e. The second-order valence-electron chi connectivity index (χ2n) is 6.67. The number of benzene rings is 2. The SMILES string of the molecule is CC(Oc1ccccc1C(F)(F)F)C(=O)NC1CCCc2cc(N)ccc21. The third-order valence-electron chi connectivity index (χ3n) is 4.66. The van der Waals surface area contributed by atoms with Crippen molar-refractivity contribution in [2.24, 2.45) is 0 Å². The van der Waals surface area contributed by atoms with Gasteiger partial charge < -0.3 is 15.8 Å². The molecule has 7 heteroatoms. The van der Waals surface area contributed by atoms with E-state index in [1.807, 2.05) is 12.1 Å². The number of para-hydroxylation sites is 1. The lowest BCUT2D eigenvalue weighted by molar-refractivity contribution is -0.140. The number of nitrogens with one attached hydrogen (secondary N) is 1. The van der Waals surface area contributed by atoms with Gasteiger partial charge in [0.15, 0.2) is 6.10 Å². The Balaban J connectivity index is 1.72. The lowest BCUT2D eigenvalue weighted by Crippen LogP contribution is -2.39. The third kappa shape index (κ3) is 4.35. The Hall–Kier alpha value is -2.70. The molecule has 1 aliphatic rings. The van der Waals surface area contributed by atoms with Gasteiger partial charge in [0.25, 0.3) is 5.91 Å². The van der Waals surface area contributed by atoms with E-state index in [1.54, 1.807) is 6.07 Å². The van der Waals surface area contributed by atoms with Crippen molar-refractivity contribution in [2.45, 2.75) is 44.5 Å². The molecular weight excluding hydrogens is 357 g/mol. The number of hydrogen-bond donors (Lipinski definition) is 2. The van der Waals surface area contributed by atoms with E-state index < -0.39 is 23.8 Å². The third-order valence-corrected chi connectivity index (χ3v) is 4.66. The van der Waals surface area contributed by atoms with E-state index in [4.69, 9.17) is 10.5 Å². The zero-order valence-corrected chi connectivity index (χ0v) is 14.8. The number of aryl methyl sites for hydroxylation is 1. The molecule has 3 N–H and O–H groups in total. The van der Waals surface area contributed by atoms with Gasteiger partial charge in [-0.1, -0.05) is 18.2 Å². The monoisotopic (exact) mass is 378 g/mol. The van der Waals surface area contributed by atoms with Gasteiger partial charge in [0.1, 0.15) is 5.75 Å². The van der Waals surface area contributed by atoms with Crippen molar-refractivity contribution in [1.29, 1.82) is 0 Å². The van der Waals surface area contributed by atoms with Crippen LogP contribution in [0.15, 0.2) is 42.5 Å². The van der Waals surface area contributed by atoms with Crippen LogP contribution in [0.3, 0.4) is 0 Å². The van der Waals surface area contributed by atoms with Gasteiger partial charge in [-0.3, -0.25) is 4.79 Å². The number of alkyl halides is 3. The molecule has 3 rings (SSSR count). The van der Waals surface area contributed by atoms with Gasteiger partial charge in [-0.15, -0.1) is 0 Å². The summed E-state index contributed by atoms with van der Waals surface area (Å²) >= 11 is 0. The van der Waals surface area contributed by atoms with Crippen LogP contribution >= 0.6 is 0 Å². The summed E-state index contributed by atoms with van der Waals surface area (Å²) < 4.78 is 44.6. The minimum absolute atomic E-state index is 0.203. The lowest BCUT2D eigenvalue weighted by atomic mass is 9.87. The summed E-state index contributed by atoms with van der Waals surface area (Å²) in [5, 5.41) is 2.89. The zero-order chi connectivity index (χ0) is 19.6. The van der Waals surface area contributed by atoms with Crippen LogP contribution in [0.5, 0.6) is 5.75 Å². The number of fused-ring (bicyclic) bond motifs is 1. The van der Waals surface area contributed by atoms with Crippen molar-refractivity contribution in [3.63, 3.8) is 0 Å². The highest BCUT2D eigenvalue weighted by atomic mass is 19.4. The molecule has 0 fully saturated rings. The minimum Gasteiger partial charge on any atom is -0.480 e. The zero-order valence-electron chi connectivity index (χ0n) is 14.8. The number of rotatable bonds is 4. The Bertz CT molecular complexity index is 836. The standard InChI is InChI=1S/C20H21F3N2O2/c1-12(27-18-8-3-2-6-16(18)20(21,22)23)19(26)25-17-7-4-5-13-11-14(24)9-10-15(13)17/h2-3,6,8-12,17H,4-5,7,24H2,1H3,(H,25,26). The van der Waals surface area contributed by atoms with Crippen molar-refractivity contribution >= 4 is 11.6 Å². The molecule has 2 atom stereocenters. The normalized spacial score (nSPS) is 17.7. The number of anilines is 1. The van der Waals surface area contributed by atoms with Crippen LogP contribution in [0.25, 0.3) is 0 Å². The largest absolute Gasteiger partial charge is 0.480 e. The van der Waals surface area contributed by atoms with E-state index in [0.717, 1.165) is 36.5 Å². The summed E-state index contributed by atoms with van der Waals surface area (Å²) in [5.41, 5.74) is 7.66. The van der Waals surface area contributed by atoms with Crippen molar-refractivity contribution in [1.82, 2.24) is 5.32 Å². The van der Waals surface area contributed by atoms with Crippen LogP contribution in [0.4, 0.5) is 18.9 Å². The number of amides is 1. The predicted octanol–water partition coefficient (Wildman–Crippen LogP) is 4.25. The molecule has 0 radical (unpaired) electrons. The van der Waals surface area contributed by atoms with E-state index >= 15 is 0 Å². The van der Waals surface area contributed by atoms with E-state index in [1.165, 1.54) is 25.1 Å². The quantitative estimate of drug-likeness (QED) is 0.782. The molecule has 0 bridgehead atoms. The van der Waals surface area contributed by atoms with Crippen LogP contribution in [-0.2, 0) is 17.4 Å². The Morgan fingerprint density at radius 1 is 1.26 bits per heavy atom. The molecule has 2 aromatic rings. The fourth-order valence-electron chi connectivity index (χ4n) is 3.32. The molecule has 1 aliphatic carbocycles. The minimum atomic E-state index is -4.55. The molecule has 0 aromatic heterocycles. The summed E-state index contributed by atoms with van der Waals surface area (Å²) in [6, 6.07) is 10.2. The fourth-order valence-corrected chi connectivity index (χ4v) is 3.32. The van der Waals surface area contributed by atoms with Gasteiger partial charge >= 0.3 is 6.18 Å². The van der Waals surface area contributed by atoms with Crippen molar-refractivity contribution in [3.05, 3.63) is 59.2 Å². The topological polar surface area (TPSA) is 64.3 Å². The molecule has 4 nitrogen and oxygen atoms in total. The van der Waals surface area contributed by atoms with Gasteiger partial charge in [-0.05, 0) is 61.6 Å². The van der Waals surface area contributed by atoms with Crippen molar-refractivity contribution < 1.29 is 22.7 Å². The van der Waals surface area contributed by atoms with E-state index in [0.29, 0.717) is 5.69 Å². The molecule has 2 aromatic carbocycles. The van der Waals surface area contributed by atoms with Gasteiger partial charge in [0, 0.05) is 5.69 Å². The van der Waals surface area contributed by atoms with Crippen molar-refractivity contribution in [2.75, 3.05) is 5.73 Å². The first-order valence-electron chi connectivity index (χ1n) is 8.77. The number of ether oxygens (including phenoxy) is 1. The van der Waals surface area contributed by atoms with Gasteiger partial charge in [-0.25, -0.2) is 0 Å². The summed E-state index contributed by atoms with van der Waals surface area (Å²) in [6.45, 7) is 1.44. The Kier molecular flexibility index (Phi) is 5.30. The van der Waals surface area contributed by atoms with E-state index in [-0.39, 0.29) is 11.8 Å². The fraction of sp³-hybridized carbons (Fsp3) is 0.350. The summed E-state index contributed by atoms with van der Waals surface area (Å²) in [6.07, 6.45) is -3.07. The molecule has 0 aliphatic heterocycles. The molecule has 0 heterocycles. The first-order valence-corrected chi connectivity index (χ1v) is 8.77. The first kappa shape index (κ1) is 19.1. The highest BCUT2D eigenvalue weighted by molar-refractivity contribution is 5.81. The number of hydrogen-bond acceptors (Lipinski definition) is 3. The molecule has 0 saturated carbocycles. The molecular formula is C20H21F3N2O2.